The fourth-order valence-corrected chi connectivity index (χ4v) is 0.448. The van der Waals surface area contributed by atoms with Crippen molar-refractivity contribution in [3.05, 3.63) is 10.6 Å². The van der Waals surface area contributed by atoms with Gasteiger partial charge in [0.1, 0.15) is 5.03 Å². The molecule has 0 amide bonds. The third-order valence-electron chi connectivity index (χ3n) is 0.752. The number of hydrogen-bond acceptors (Lipinski definition) is 0. The van der Waals surface area contributed by atoms with Crippen LogP contribution in [-0.4, -0.2) is 12.1 Å². The van der Waals surface area contributed by atoms with Gasteiger partial charge in [0.15, 0.2) is 0 Å². The molecule has 0 N–H and O–H groups in total. The van der Waals surface area contributed by atoms with Crippen LogP contribution in [-0.2, 0) is 0 Å². The Labute approximate surface area is 68.6 Å². The lowest BCUT2D eigenvalue weighted by molar-refractivity contribution is -0.261. The maximum Gasteiger partial charge on any atom is 0.459 e. The lowest BCUT2D eigenvalue weighted by Gasteiger charge is -2.17. The van der Waals surface area contributed by atoms with Gasteiger partial charge in [-0.1, -0.05) is 23.2 Å². The molecule has 11 heavy (non-hydrogen) atoms. The van der Waals surface area contributed by atoms with Crippen LogP contribution in [0.3, 0.4) is 0 Å². The molecule has 0 aliphatic rings. The molecular weight excluding hydrogens is 214 g/mol. The Bertz CT molecular complexity index is 170. The second-order valence-electron chi connectivity index (χ2n) is 1.53. The highest BCUT2D eigenvalue weighted by Crippen LogP contribution is 2.42. The fraction of sp³-hybridized carbons (Fsp3) is 0.500. The first-order valence-electron chi connectivity index (χ1n) is 2.14. The standard InChI is InChI=1S/C4HCl2F5/c5-1-2(6)3(7,8)4(9,10)11/h1H/b2-1+. The van der Waals surface area contributed by atoms with Gasteiger partial charge in [0.25, 0.3) is 0 Å². The molecule has 0 aliphatic heterocycles. The van der Waals surface area contributed by atoms with Crippen molar-refractivity contribution in [3.8, 4) is 0 Å². The third-order valence-corrected chi connectivity index (χ3v) is 1.43. The highest BCUT2D eigenvalue weighted by atomic mass is 35.5. The predicted molar refractivity (Wildman–Crippen MR) is 30.8 cm³/mol. The van der Waals surface area contributed by atoms with Crippen LogP contribution in [0.15, 0.2) is 10.6 Å². The van der Waals surface area contributed by atoms with E-state index >= 15 is 0 Å². The van der Waals surface area contributed by atoms with E-state index in [4.69, 9.17) is 0 Å². The summed E-state index contributed by atoms with van der Waals surface area (Å²) in [7, 11) is 0. The third kappa shape index (κ3) is 2.20. The van der Waals surface area contributed by atoms with Gasteiger partial charge < -0.3 is 0 Å². The molecule has 0 rings (SSSR count). The van der Waals surface area contributed by atoms with Crippen LogP contribution in [0.4, 0.5) is 22.0 Å². The van der Waals surface area contributed by atoms with Gasteiger partial charge >= 0.3 is 12.1 Å². The minimum atomic E-state index is -5.70. The zero-order valence-corrected chi connectivity index (χ0v) is 6.23. The van der Waals surface area contributed by atoms with Gasteiger partial charge in [0, 0.05) is 5.54 Å². The summed E-state index contributed by atoms with van der Waals surface area (Å²) in [5.74, 6) is -5.06. The molecule has 0 atom stereocenters. The Balaban J connectivity index is 4.74. The highest BCUT2D eigenvalue weighted by molar-refractivity contribution is 6.37. The van der Waals surface area contributed by atoms with Crippen molar-refractivity contribution in [3.63, 3.8) is 0 Å². The normalized spacial score (nSPS) is 15.4. The van der Waals surface area contributed by atoms with Crippen LogP contribution in [0.1, 0.15) is 0 Å². The second kappa shape index (κ2) is 3.15. The molecule has 0 nitrogen and oxygen atoms in total. The van der Waals surface area contributed by atoms with Crippen molar-refractivity contribution in [2.45, 2.75) is 12.1 Å². The molecule has 0 aromatic carbocycles. The van der Waals surface area contributed by atoms with Crippen LogP contribution in [0.2, 0.25) is 0 Å². The maximum atomic E-state index is 11.9. The van der Waals surface area contributed by atoms with Crippen LogP contribution < -0.4 is 0 Å². The zero-order valence-electron chi connectivity index (χ0n) is 4.72. The van der Waals surface area contributed by atoms with Crippen molar-refractivity contribution in [1.29, 1.82) is 0 Å². The number of alkyl halides is 5. The molecule has 0 radical (unpaired) electrons. The van der Waals surface area contributed by atoms with Gasteiger partial charge in [-0.15, -0.1) is 0 Å². The molecule has 0 fully saturated rings. The van der Waals surface area contributed by atoms with Gasteiger partial charge in [-0.25, -0.2) is 0 Å². The molecule has 0 aromatic heterocycles. The molecule has 7 heteroatoms. The number of rotatable bonds is 1. The van der Waals surface area contributed by atoms with E-state index in [2.05, 4.69) is 23.2 Å². The summed E-state index contributed by atoms with van der Waals surface area (Å²) in [5.41, 5.74) is -0.0188. The summed E-state index contributed by atoms with van der Waals surface area (Å²) in [6, 6.07) is 0. The van der Waals surface area contributed by atoms with Crippen molar-refractivity contribution in [2.75, 3.05) is 0 Å². The number of halogens is 7. The van der Waals surface area contributed by atoms with Gasteiger partial charge in [-0.05, 0) is 0 Å². The minimum absolute atomic E-state index is 0.0188. The molecule has 0 saturated carbocycles. The molecule has 66 valence electrons. The predicted octanol–water partition coefficient (Wildman–Crippen LogP) is 3.50. The van der Waals surface area contributed by atoms with E-state index in [1.54, 1.807) is 0 Å². The molecule has 0 saturated heterocycles. The van der Waals surface area contributed by atoms with E-state index < -0.39 is 17.1 Å². The van der Waals surface area contributed by atoms with Gasteiger partial charge in [-0.2, -0.15) is 22.0 Å². The lowest BCUT2D eigenvalue weighted by atomic mass is 10.3. The van der Waals surface area contributed by atoms with Crippen molar-refractivity contribution >= 4 is 23.2 Å². The van der Waals surface area contributed by atoms with Gasteiger partial charge in [0.2, 0.25) is 0 Å². The van der Waals surface area contributed by atoms with E-state index in [0.717, 1.165) is 0 Å². The van der Waals surface area contributed by atoms with E-state index in [0.29, 0.717) is 0 Å². The summed E-state index contributed by atoms with van der Waals surface area (Å²) in [6.07, 6.45) is -5.70. The molecule has 0 spiro atoms. The maximum absolute atomic E-state index is 11.9. The van der Waals surface area contributed by atoms with Crippen molar-refractivity contribution in [1.82, 2.24) is 0 Å². The summed E-state index contributed by atoms with van der Waals surface area (Å²) in [6.45, 7) is 0. The zero-order chi connectivity index (χ0) is 9.28. The smallest absolute Gasteiger partial charge is 0.190 e. The highest BCUT2D eigenvalue weighted by Gasteiger charge is 2.59. The van der Waals surface area contributed by atoms with Crippen LogP contribution >= 0.6 is 23.2 Å². The largest absolute Gasteiger partial charge is 0.459 e. The Morgan fingerprint density at radius 1 is 1.09 bits per heavy atom. The molecular formula is C4HCl2F5. The van der Waals surface area contributed by atoms with Crippen LogP contribution in [0, 0.1) is 0 Å². The lowest BCUT2D eigenvalue weighted by Crippen LogP contribution is -2.36. The van der Waals surface area contributed by atoms with E-state index in [1.807, 2.05) is 0 Å². The van der Waals surface area contributed by atoms with Crippen LogP contribution in [0.5, 0.6) is 0 Å². The average molecular weight is 215 g/mol. The van der Waals surface area contributed by atoms with Crippen LogP contribution in [0.25, 0.3) is 0 Å². The monoisotopic (exact) mass is 214 g/mol. The quantitative estimate of drug-likeness (QED) is 0.587. The Kier molecular flexibility index (Phi) is 3.14. The first-order chi connectivity index (χ1) is 4.73. The topological polar surface area (TPSA) is 0 Å². The van der Waals surface area contributed by atoms with Crippen molar-refractivity contribution < 1.29 is 22.0 Å². The fourth-order valence-electron chi connectivity index (χ4n) is 0.204. The molecule has 0 heterocycles. The molecule has 0 bridgehead atoms. The first kappa shape index (κ1) is 11.0. The first-order valence-corrected chi connectivity index (χ1v) is 2.96. The van der Waals surface area contributed by atoms with E-state index in [9.17, 15) is 22.0 Å². The Hall–Kier alpha value is -0.0300. The van der Waals surface area contributed by atoms with Gasteiger partial charge in [-0.3, -0.25) is 0 Å². The summed E-state index contributed by atoms with van der Waals surface area (Å²) >= 11 is 9.07. The number of allylic oxidation sites excluding steroid dienone is 1. The summed E-state index contributed by atoms with van der Waals surface area (Å²) < 4.78 is 57.8. The Morgan fingerprint density at radius 3 is 1.55 bits per heavy atom. The second-order valence-corrected chi connectivity index (χ2v) is 2.15. The SMILES string of the molecule is FC(F)(F)C(F)(F)/C(Cl)=C\Cl. The van der Waals surface area contributed by atoms with E-state index in [1.165, 1.54) is 0 Å². The van der Waals surface area contributed by atoms with Gasteiger partial charge in [0.05, 0.1) is 0 Å². The summed E-state index contributed by atoms with van der Waals surface area (Å²) in [4.78, 5) is 0. The molecule has 0 aliphatic carbocycles. The number of hydrogen-bond donors (Lipinski definition) is 0. The minimum Gasteiger partial charge on any atom is -0.190 e. The van der Waals surface area contributed by atoms with E-state index in [-0.39, 0.29) is 5.54 Å². The molecule has 0 unspecified atom stereocenters. The summed E-state index contributed by atoms with van der Waals surface area (Å²) in [5, 5.41) is -1.74. The molecule has 0 aromatic rings. The Morgan fingerprint density at radius 2 is 1.45 bits per heavy atom. The van der Waals surface area contributed by atoms with Crippen molar-refractivity contribution in [2.24, 2.45) is 0 Å². The average Bonchev–Trinajstić information content (AvgIpc) is 1.83.